The van der Waals surface area contributed by atoms with Gasteiger partial charge in [0, 0.05) is 0 Å². The van der Waals surface area contributed by atoms with Crippen LogP contribution >= 0.6 is 0 Å². The van der Waals surface area contributed by atoms with Gasteiger partial charge in [-0.3, -0.25) is 0 Å². The highest BCUT2D eigenvalue weighted by Crippen LogP contribution is 2.43. The summed E-state index contributed by atoms with van der Waals surface area (Å²) in [5, 5.41) is 0. The van der Waals surface area contributed by atoms with Gasteiger partial charge in [-0.25, -0.2) is 0 Å². The number of hydrogen-bond acceptors (Lipinski definition) is 0. The van der Waals surface area contributed by atoms with E-state index < -0.39 is 0 Å². The minimum absolute atomic E-state index is 0.663. The van der Waals surface area contributed by atoms with Crippen LogP contribution in [-0.4, -0.2) is 0 Å². The molecule has 1 rings (SSSR count). The van der Waals surface area contributed by atoms with E-state index in [0.29, 0.717) is 5.41 Å². The Labute approximate surface area is 85.1 Å². The molecule has 13 heavy (non-hydrogen) atoms. The molecule has 0 heteroatoms. The number of rotatable bonds is 3. The summed E-state index contributed by atoms with van der Waals surface area (Å²) in [5.74, 6) is 1.04. The zero-order chi connectivity index (χ0) is 10.3. The van der Waals surface area contributed by atoms with Gasteiger partial charge in [-0.2, -0.15) is 0 Å². The molecular weight excluding hydrogens is 156 g/mol. The van der Waals surface area contributed by atoms with Crippen LogP contribution in [0.25, 0.3) is 0 Å². The summed E-state index contributed by atoms with van der Waals surface area (Å²) in [6, 6.07) is 0. The third-order valence-electron chi connectivity index (χ3n) is 3.96. The largest absolute Gasteiger partial charge is 0.0683 e. The van der Waals surface area contributed by atoms with Crippen molar-refractivity contribution in [1.82, 2.24) is 0 Å². The first kappa shape index (κ1) is 13.0. The Bertz CT molecular complexity index is 105. The molecule has 0 aromatic heterocycles. The smallest absolute Gasteiger partial charge is 0.0303 e. The predicted octanol–water partition coefficient (Wildman–Crippen LogP) is 5.03. The highest BCUT2D eigenvalue weighted by molar-refractivity contribution is 4.83. The lowest BCUT2D eigenvalue weighted by Gasteiger charge is -2.33. The summed E-state index contributed by atoms with van der Waals surface area (Å²) < 4.78 is 0. The lowest BCUT2D eigenvalue weighted by Crippen LogP contribution is -2.23. The van der Waals surface area contributed by atoms with E-state index in [4.69, 9.17) is 0 Å². The van der Waals surface area contributed by atoms with Gasteiger partial charge in [0.05, 0.1) is 0 Å². The summed E-state index contributed by atoms with van der Waals surface area (Å²) in [6.45, 7) is 11.2. The normalized spacial score (nSPS) is 18.2. The minimum Gasteiger partial charge on any atom is -0.0683 e. The van der Waals surface area contributed by atoms with Crippen molar-refractivity contribution in [1.29, 1.82) is 0 Å². The average Bonchev–Trinajstić information content (AvgIpc) is 2.73. The molecule has 0 N–H and O–H groups in total. The molecule has 0 saturated heterocycles. The van der Waals surface area contributed by atoms with Crippen LogP contribution in [0.2, 0.25) is 0 Å². The topological polar surface area (TPSA) is 0 Å². The van der Waals surface area contributed by atoms with Crippen molar-refractivity contribution in [3.63, 3.8) is 0 Å². The summed E-state index contributed by atoms with van der Waals surface area (Å²) in [6.07, 6.45) is 8.71. The zero-order valence-electron chi connectivity index (χ0n) is 10.3. The van der Waals surface area contributed by atoms with Crippen molar-refractivity contribution in [2.45, 2.75) is 73.1 Å². The van der Waals surface area contributed by atoms with Gasteiger partial charge in [-0.15, -0.1) is 0 Å². The average molecular weight is 184 g/mol. The lowest BCUT2D eigenvalue weighted by molar-refractivity contribution is 0.172. The Morgan fingerprint density at radius 1 is 1.00 bits per heavy atom. The molecule has 0 unspecified atom stereocenters. The van der Waals surface area contributed by atoms with Crippen LogP contribution in [0.3, 0.4) is 0 Å². The van der Waals surface area contributed by atoms with Gasteiger partial charge in [0.25, 0.3) is 0 Å². The molecule has 1 saturated carbocycles. The summed E-state index contributed by atoms with van der Waals surface area (Å²) in [7, 11) is 0. The van der Waals surface area contributed by atoms with Gasteiger partial charge in [-0.05, 0) is 24.2 Å². The second-order valence-electron chi connectivity index (χ2n) is 4.34. The summed E-state index contributed by atoms with van der Waals surface area (Å²) >= 11 is 0. The van der Waals surface area contributed by atoms with E-state index >= 15 is 0 Å². The molecule has 0 atom stereocenters. The van der Waals surface area contributed by atoms with E-state index in [1.54, 1.807) is 0 Å². The van der Waals surface area contributed by atoms with Crippen LogP contribution in [0.15, 0.2) is 0 Å². The van der Waals surface area contributed by atoms with Crippen LogP contribution in [0.1, 0.15) is 73.1 Å². The Balaban J connectivity index is 0.000000671. The van der Waals surface area contributed by atoms with E-state index in [1.807, 2.05) is 13.8 Å². The van der Waals surface area contributed by atoms with Crippen molar-refractivity contribution in [2.24, 2.45) is 11.3 Å². The molecule has 1 aliphatic rings. The van der Waals surface area contributed by atoms with Gasteiger partial charge in [0.1, 0.15) is 0 Å². The molecular formula is C13H28. The second kappa shape index (κ2) is 6.45. The summed E-state index contributed by atoms with van der Waals surface area (Å²) in [4.78, 5) is 0. The van der Waals surface area contributed by atoms with Gasteiger partial charge < -0.3 is 0 Å². The van der Waals surface area contributed by atoms with Gasteiger partial charge in [0.2, 0.25) is 0 Å². The van der Waals surface area contributed by atoms with E-state index in [9.17, 15) is 0 Å². The van der Waals surface area contributed by atoms with Crippen molar-refractivity contribution < 1.29 is 0 Å². The number of hydrogen-bond donors (Lipinski definition) is 0. The molecule has 0 radical (unpaired) electrons. The van der Waals surface area contributed by atoms with E-state index in [-0.39, 0.29) is 0 Å². The predicted molar refractivity (Wildman–Crippen MR) is 62.0 cm³/mol. The fourth-order valence-corrected chi connectivity index (χ4v) is 2.45. The monoisotopic (exact) mass is 184 g/mol. The van der Waals surface area contributed by atoms with E-state index in [0.717, 1.165) is 5.92 Å². The van der Waals surface area contributed by atoms with Gasteiger partial charge in [0.15, 0.2) is 0 Å². The molecule has 0 nitrogen and oxygen atoms in total. The third kappa shape index (κ3) is 3.32. The second-order valence-corrected chi connectivity index (χ2v) is 4.34. The van der Waals surface area contributed by atoms with Gasteiger partial charge in [-0.1, -0.05) is 60.3 Å². The Hall–Kier alpha value is 0. The fraction of sp³-hybridized carbons (Fsp3) is 1.00. The van der Waals surface area contributed by atoms with Crippen LogP contribution in [0, 0.1) is 11.3 Å². The van der Waals surface area contributed by atoms with Crippen LogP contribution < -0.4 is 0 Å². The first-order chi connectivity index (χ1) is 6.23. The zero-order valence-corrected chi connectivity index (χ0v) is 10.3. The van der Waals surface area contributed by atoms with E-state index in [2.05, 4.69) is 20.8 Å². The van der Waals surface area contributed by atoms with Crippen molar-refractivity contribution in [2.75, 3.05) is 0 Å². The molecule has 0 aliphatic heterocycles. The SMILES string of the molecule is CC.CCC(C)(CC)C1CCCC1. The van der Waals surface area contributed by atoms with Crippen molar-refractivity contribution >= 4 is 0 Å². The molecule has 0 aromatic rings. The first-order valence-corrected chi connectivity index (χ1v) is 6.23. The maximum absolute atomic E-state index is 2.48. The molecule has 0 bridgehead atoms. The molecule has 1 aliphatic carbocycles. The quantitative estimate of drug-likeness (QED) is 0.577. The minimum atomic E-state index is 0.663. The van der Waals surface area contributed by atoms with Crippen LogP contribution in [0.5, 0.6) is 0 Å². The van der Waals surface area contributed by atoms with Crippen LogP contribution in [-0.2, 0) is 0 Å². The Kier molecular flexibility index (Phi) is 6.45. The highest BCUT2D eigenvalue weighted by Gasteiger charge is 2.32. The molecule has 0 spiro atoms. The molecule has 80 valence electrons. The van der Waals surface area contributed by atoms with Crippen molar-refractivity contribution in [3.05, 3.63) is 0 Å². The van der Waals surface area contributed by atoms with E-state index in [1.165, 1.54) is 38.5 Å². The van der Waals surface area contributed by atoms with Gasteiger partial charge >= 0.3 is 0 Å². The summed E-state index contributed by atoms with van der Waals surface area (Å²) in [5.41, 5.74) is 0.663. The molecule has 0 aromatic carbocycles. The van der Waals surface area contributed by atoms with Crippen LogP contribution in [0.4, 0.5) is 0 Å². The standard InChI is InChI=1S/C11H22.C2H6/c1-4-11(3,5-2)10-8-6-7-9-10;1-2/h10H,4-9H2,1-3H3;1-2H3. The van der Waals surface area contributed by atoms with Crippen molar-refractivity contribution in [3.8, 4) is 0 Å². The molecule has 1 fully saturated rings. The molecule has 0 heterocycles. The lowest BCUT2D eigenvalue weighted by atomic mass is 9.72. The maximum Gasteiger partial charge on any atom is -0.0303 e. The highest BCUT2D eigenvalue weighted by atomic mass is 14.4. The third-order valence-corrected chi connectivity index (χ3v) is 3.96. The first-order valence-electron chi connectivity index (χ1n) is 6.23. The molecule has 0 amide bonds. The maximum atomic E-state index is 2.48. The Morgan fingerprint density at radius 2 is 1.38 bits per heavy atom. The fourth-order valence-electron chi connectivity index (χ4n) is 2.45. The Morgan fingerprint density at radius 3 is 1.69 bits per heavy atom.